The number of hydrogen-bond acceptors (Lipinski definition) is 2. The Kier molecular flexibility index (Phi) is 3.53. The van der Waals surface area contributed by atoms with Gasteiger partial charge in [-0.2, -0.15) is 0 Å². The van der Waals surface area contributed by atoms with Crippen molar-refractivity contribution in [1.82, 2.24) is 0 Å². The van der Waals surface area contributed by atoms with E-state index in [1.54, 1.807) is 0 Å². The predicted molar refractivity (Wildman–Crippen MR) is 57.7 cm³/mol. The van der Waals surface area contributed by atoms with Gasteiger partial charge >= 0.3 is 0 Å². The number of benzene rings is 1. The Labute approximate surface area is 79.5 Å². The van der Waals surface area contributed by atoms with Crippen LogP contribution in [0.5, 0.6) is 0 Å². The summed E-state index contributed by atoms with van der Waals surface area (Å²) in [6.07, 6.45) is 2.66. The van der Waals surface area contributed by atoms with Crippen LogP contribution in [0.1, 0.15) is 18.0 Å². The topological polar surface area (TPSA) is 38.0 Å². The van der Waals surface area contributed by atoms with Crippen LogP contribution in [0.2, 0.25) is 0 Å². The van der Waals surface area contributed by atoms with Gasteiger partial charge in [0.05, 0.1) is 0 Å². The van der Waals surface area contributed by atoms with E-state index in [2.05, 4.69) is 11.9 Å². The number of anilines is 1. The number of nitrogens with two attached hydrogens (primary N) is 1. The first-order valence-corrected chi connectivity index (χ1v) is 4.42. The zero-order valence-corrected chi connectivity index (χ0v) is 7.96. The summed E-state index contributed by atoms with van der Waals surface area (Å²) in [5, 5.41) is 3.06. The molecule has 70 valence electrons. The summed E-state index contributed by atoms with van der Waals surface area (Å²) in [6, 6.07) is 8.21. The van der Waals surface area contributed by atoms with E-state index in [0.717, 1.165) is 17.7 Å². The third kappa shape index (κ3) is 2.60. The monoisotopic (exact) mass is 176 g/mol. The van der Waals surface area contributed by atoms with Crippen molar-refractivity contribution < 1.29 is 0 Å². The standard InChI is InChI=1S/C11H16N2/c1-3-4-11(12)9-5-7-10(13-2)8-6-9/h3,5-8,11,13H,1,4,12H2,2H3/t11-/m1/s1. The molecule has 0 fully saturated rings. The molecule has 0 spiro atoms. The molecule has 2 heteroatoms. The molecular weight excluding hydrogens is 160 g/mol. The Morgan fingerprint density at radius 1 is 1.46 bits per heavy atom. The first kappa shape index (κ1) is 9.81. The van der Waals surface area contributed by atoms with Crippen molar-refractivity contribution in [2.75, 3.05) is 12.4 Å². The molecule has 3 N–H and O–H groups in total. The van der Waals surface area contributed by atoms with Crippen LogP contribution in [0.4, 0.5) is 5.69 Å². The minimum atomic E-state index is 0.0726. The highest BCUT2D eigenvalue weighted by atomic mass is 14.8. The maximum Gasteiger partial charge on any atom is 0.0337 e. The Morgan fingerprint density at radius 2 is 2.08 bits per heavy atom. The van der Waals surface area contributed by atoms with E-state index in [9.17, 15) is 0 Å². The Balaban J connectivity index is 2.73. The van der Waals surface area contributed by atoms with Crippen LogP contribution in [0.25, 0.3) is 0 Å². The molecule has 0 aliphatic rings. The van der Waals surface area contributed by atoms with Crippen molar-refractivity contribution >= 4 is 5.69 Å². The van der Waals surface area contributed by atoms with Gasteiger partial charge in [0.2, 0.25) is 0 Å². The average molecular weight is 176 g/mol. The predicted octanol–water partition coefficient (Wildman–Crippen LogP) is 2.30. The number of rotatable bonds is 4. The van der Waals surface area contributed by atoms with Crippen molar-refractivity contribution in [2.24, 2.45) is 5.73 Å². The van der Waals surface area contributed by atoms with E-state index in [0.29, 0.717) is 0 Å². The highest BCUT2D eigenvalue weighted by molar-refractivity contribution is 5.44. The molecule has 0 saturated carbocycles. The molecular formula is C11H16N2. The second-order valence-electron chi connectivity index (χ2n) is 3.00. The van der Waals surface area contributed by atoms with Crippen LogP contribution in [0.3, 0.4) is 0 Å². The molecule has 0 amide bonds. The molecule has 2 nitrogen and oxygen atoms in total. The quantitative estimate of drug-likeness (QED) is 0.691. The van der Waals surface area contributed by atoms with Crippen LogP contribution in [-0.2, 0) is 0 Å². The summed E-state index contributed by atoms with van der Waals surface area (Å²) in [7, 11) is 1.90. The number of hydrogen-bond donors (Lipinski definition) is 2. The van der Waals surface area contributed by atoms with E-state index >= 15 is 0 Å². The third-order valence-corrected chi connectivity index (χ3v) is 2.05. The van der Waals surface area contributed by atoms with Gasteiger partial charge in [0, 0.05) is 18.8 Å². The number of nitrogens with one attached hydrogen (secondary N) is 1. The molecule has 0 aliphatic heterocycles. The minimum Gasteiger partial charge on any atom is -0.388 e. The normalized spacial score (nSPS) is 12.2. The molecule has 13 heavy (non-hydrogen) atoms. The molecule has 0 unspecified atom stereocenters. The fourth-order valence-electron chi connectivity index (χ4n) is 1.21. The zero-order chi connectivity index (χ0) is 9.68. The largest absolute Gasteiger partial charge is 0.388 e. The zero-order valence-electron chi connectivity index (χ0n) is 7.96. The molecule has 1 rings (SSSR count). The first-order valence-electron chi connectivity index (χ1n) is 4.42. The second-order valence-corrected chi connectivity index (χ2v) is 3.00. The summed E-state index contributed by atoms with van der Waals surface area (Å²) in [4.78, 5) is 0. The minimum absolute atomic E-state index is 0.0726. The maximum absolute atomic E-state index is 5.91. The molecule has 1 aromatic rings. The lowest BCUT2D eigenvalue weighted by atomic mass is 10.0. The van der Waals surface area contributed by atoms with Crippen LogP contribution in [-0.4, -0.2) is 7.05 Å². The molecule has 1 aromatic carbocycles. The highest BCUT2D eigenvalue weighted by Gasteiger charge is 2.02. The molecule has 1 atom stereocenters. The summed E-state index contributed by atoms with van der Waals surface area (Å²) in [5.41, 5.74) is 8.16. The fourth-order valence-corrected chi connectivity index (χ4v) is 1.21. The first-order chi connectivity index (χ1) is 6.27. The van der Waals surface area contributed by atoms with Crippen LogP contribution in [0.15, 0.2) is 36.9 Å². The van der Waals surface area contributed by atoms with Gasteiger partial charge in [0.15, 0.2) is 0 Å². The Hall–Kier alpha value is -1.28. The third-order valence-electron chi connectivity index (χ3n) is 2.05. The van der Waals surface area contributed by atoms with Gasteiger partial charge in [0.1, 0.15) is 0 Å². The van der Waals surface area contributed by atoms with Crippen molar-refractivity contribution in [2.45, 2.75) is 12.5 Å². The Bertz CT molecular complexity index is 264. The molecule has 0 bridgehead atoms. The van der Waals surface area contributed by atoms with Gasteiger partial charge in [-0.05, 0) is 24.1 Å². The average Bonchev–Trinajstić information content (AvgIpc) is 2.18. The van der Waals surface area contributed by atoms with Gasteiger partial charge in [-0.25, -0.2) is 0 Å². The lowest BCUT2D eigenvalue weighted by molar-refractivity contribution is 0.742. The smallest absolute Gasteiger partial charge is 0.0337 e. The molecule has 0 aromatic heterocycles. The van der Waals surface area contributed by atoms with Gasteiger partial charge in [-0.1, -0.05) is 18.2 Å². The van der Waals surface area contributed by atoms with Crippen molar-refractivity contribution in [3.8, 4) is 0 Å². The summed E-state index contributed by atoms with van der Waals surface area (Å²) in [5.74, 6) is 0. The van der Waals surface area contributed by atoms with E-state index in [1.165, 1.54) is 0 Å². The summed E-state index contributed by atoms with van der Waals surface area (Å²) < 4.78 is 0. The highest BCUT2D eigenvalue weighted by Crippen LogP contribution is 2.16. The van der Waals surface area contributed by atoms with Crippen molar-refractivity contribution in [3.63, 3.8) is 0 Å². The van der Waals surface area contributed by atoms with Crippen molar-refractivity contribution in [3.05, 3.63) is 42.5 Å². The lowest BCUT2D eigenvalue weighted by Crippen LogP contribution is -2.08. The SMILES string of the molecule is C=CC[C@@H](N)c1ccc(NC)cc1. The van der Waals surface area contributed by atoms with E-state index in [4.69, 9.17) is 5.73 Å². The summed E-state index contributed by atoms with van der Waals surface area (Å²) >= 11 is 0. The summed E-state index contributed by atoms with van der Waals surface area (Å²) in [6.45, 7) is 3.67. The van der Waals surface area contributed by atoms with Crippen LogP contribution < -0.4 is 11.1 Å². The molecule has 0 saturated heterocycles. The van der Waals surface area contributed by atoms with Crippen molar-refractivity contribution in [1.29, 1.82) is 0 Å². The second kappa shape index (κ2) is 4.67. The van der Waals surface area contributed by atoms with Crippen LogP contribution in [0, 0.1) is 0 Å². The lowest BCUT2D eigenvalue weighted by Gasteiger charge is -2.09. The molecule has 0 radical (unpaired) electrons. The van der Waals surface area contributed by atoms with E-state index in [-0.39, 0.29) is 6.04 Å². The maximum atomic E-state index is 5.91. The van der Waals surface area contributed by atoms with Crippen LogP contribution >= 0.6 is 0 Å². The van der Waals surface area contributed by atoms with Gasteiger partial charge in [-0.15, -0.1) is 6.58 Å². The molecule has 0 aliphatic carbocycles. The van der Waals surface area contributed by atoms with Gasteiger partial charge in [0.25, 0.3) is 0 Å². The van der Waals surface area contributed by atoms with Gasteiger partial charge < -0.3 is 11.1 Å². The Morgan fingerprint density at radius 3 is 2.54 bits per heavy atom. The van der Waals surface area contributed by atoms with Gasteiger partial charge in [-0.3, -0.25) is 0 Å². The molecule has 0 heterocycles. The van der Waals surface area contributed by atoms with E-state index < -0.39 is 0 Å². The van der Waals surface area contributed by atoms with E-state index in [1.807, 2.05) is 37.4 Å². The fraction of sp³-hybridized carbons (Fsp3) is 0.273.